The third-order valence-electron chi connectivity index (χ3n) is 3.31. The number of benzene rings is 1. The van der Waals surface area contributed by atoms with Gasteiger partial charge in [0.25, 0.3) is 0 Å². The predicted molar refractivity (Wildman–Crippen MR) is 77.1 cm³/mol. The van der Waals surface area contributed by atoms with Crippen molar-refractivity contribution in [3.63, 3.8) is 0 Å². The number of hydrogen-bond acceptors (Lipinski definition) is 4. The number of carboxylic acids is 1. The van der Waals surface area contributed by atoms with E-state index in [0.717, 1.165) is 11.1 Å². The van der Waals surface area contributed by atoms with Crippen LogP contribution in [0.15, 0.2) is 12.1 Å². The molecule has 2 atom stereocenters. The Bertz CT molecular complexity index is 473. The van der Waals surface area contributed by atoms with E-state index in [0.29, 0.717) is 17.7 Å². The zero-order chi connectivity index (χ0) is 15.3. The number of aliphatic carboxylic acids is 1. The largest absolute Gasteiger partial charge is 0.496 e. The fraction of sp³-hybridized carbons (Fsp3) is 0.533. The molecule has 0 aliphatic heterocycles. The molecule has 1 rings (SSSR count). The number of aryl methyl sites for hydroxylation is 2. The van der Waals surface area contributed by atoms with E-state index in [9.17, 15) is 9.90 Å². The molecular weight excluding hydrogens is 258 g/mol. The summed E-state index contributed by atoms with van der Waals surface area (Å²) in [6.45, 7) is 5.60. The van der Waals surface area contributed by atoms with Gasteiger partial charge in [-0.25, -0.2) is 0 Å². The highest BCUT2D eigenvalue weighted by atomic mass is 16.5. The minimum atomic E-state index is -0.942. The van der Waals surface area contributed by atoms with Crippen LogP contribution in [0, 0.1) is 13.8 Å². The number of ether oxygens (including phenoxy) is 1. The first-order valence-electron chi connectivity index (χ1n) is 6.69. The molecule has 112 valence electrons. The minimum Gasteiger partial charge on any atom is -0.496 e. The first-order chi connectivity index (χ1) is 9.40. The highest BCUT2D eigenvalue weighted by Gasteiger charge is 2.23. The predicted octanol–water partition coefficient (Wildman–Crippen LogP) is 1.80. The average molecular weight is 281 g/mol. The number of aliphatic hydroxyl groups excluding tert-OH is 1. The monoisotopic (exact) mass is 281 g/mol. The van der Waals surface area contributed by atoms with Crippen LogP contribution in [0.25, 0.3) is 0 Å². The van der Waals surface area contributed by atoms with Crippen LogP contribution in [0.3, 0.4) is 0 Å². The van der Waals surface area contributed by atoms with E-state index in [1.54, 1.807) is 7.11 Å². The van der Waals surface area contributed by atoms with Crippen LogP contribution in [0.5, 0.6) is 5.75 Å². The van der Waals surface area contributed by atoms with E-state index in [1.165, 1.54) is 0 Å². The molecule has 0 saturated carbocycles. The summed E-state index contributed by atoms with van der Waals surface area (Å²) in [5.41, 5.74) is 2.68. The van der Waals surface area contributed by atoms with Crippen molar-refractivity contribution in [2.24, 2.45) is 0 Å². The summed E-state index contributed by atoms with van der Waals surface area (Å²) in [5.74, 6) is -0.290. The van der Waals surface area contributed by atoms with Gasteiger partial charge in [0.2, 0.25) is 0 Å². The normalized spacial score (nSPS) is 13.8. The van der Waals surface area contributed by atoms with Crippen molar-refractivity contribution in [3.05, 3.63) is 28.8 Å². The molecule has 5 nitrogen and oxygen atoms in total. The lowest BCUT2D eigenvalue weighted by molar-refractivity contribution is -0.136. The van der Waals surface area contributed by atoms with Gasteiger partial charge in [0.05, 0.1) is 19.8 Å². The van der Waals surface area contributed by atoms with Crippen molar-refractivity contribution >= 4 is 5.97 Å². The van der Waals surface area contributed by atoms with Crippen molar-refractivity contribution in [2.45, 2.75) is 39.3 Å². The van der Waals surface area contributed by atoms with Crippen molar-refractivity contribution in [3.8, 4) is 5.75 Å². The molecule has 20 heavy (non-hydrogen) atoms. The van der Waals surface area contributed by atoms with Gasteiger partial charge in [0.1, 0.15) is 5.75 Å². The SMILES string of the molecule is CCC(NCC(=O)O)C(O)c1cc(C)cc(C)c1OC. The number of methoxy groups -OCH3 is 1. The Balaban J connectivity index is 3.05. The van der Waals surface area contributed by atoms with Gasteiger partial charge in [-0.3, -0.25) is 4.79 Å². The lowest BCUT2D eigenvalue weighted by atomic mass is 9.95. The maximum Gasteiger partial charge on any atom is 0.317 e. The van der Waals surface area contributed by atoms with Crippen LogP contribution in [0.4, 0.5) is 0 Å². The van der Waals surface area contributed by atoms with E-state index in [2.05, 4.69) is 5.32 Å². The molecule has 0 bridgehead atoms. The molecule has 0 aliphatic rings. The Morgan fingerprint density at radius 2 is 2.05 bits per heavy atom. The number of rotatable bonds is 7. The first kappa shape index (κ1) is 16.5. The van der Waals surface area contributed by atoms with Gasteiger partial charge in [0.15, 0.2) is 0 Å². The van der Waals surface area contributed by atoms with Gasteiger partial charge in [-0.05, 0) is 31.9 Å². The Morgan fingerprint density at radius 1 is 1.40 bits per heavy atom. The fourth-order valence-corrected chi connectivity index (χ4v) is 2.40. The molecule has 1 aromatic carbocycles. The molecule has 2 unspecified atom stereocenters. The van der Waals surface area contributed by atoms with E-state index in [-0.39, 0.29) is 12.6 Å². The number of hydrogen-bond donors (Lipinski definition) is 3. The zero-order valence-electron chi connectivity index (χ0n) is 12.4. The maximum absolute atomic E-state index is 10.6. The summed E-state index contributed by atoms with van der Waals surface area (Å²) >= 11 is 0. The highest BCUT2D eigenvalue weighted by Crippen LogP contribution is 2.32. The van der Waals surface area contributed by atoms with Gasteiger partial charge < -0.3 is 20.3 Å². The van der Waals surface area contributed by atoms with Gasteiger partial charge in [-0.1, -0.05) is 18.6 Å². The second kappa shape index (κ2) is 7.26. The topological polar surface area (TPSA) is 78.8 Å². The average Bonchev–Trinajstić information content (AvgIpc) is 2.38. The van der Waals surface area contributed by atoms with Crippen LogP contribution in [-0.4, -0.2) is 35.9 Å². The summed E-state index contributed by atoms with van der Waals surface area (Å²) in [6, 6.07) is 3.53. The van der Waals surface area contributed by atoms with Crippen molar-refractivity contribution in [2.75, 3.05) is 13.7 Å². The zero-order valence-corrected chi connectivity index (χ0v) is 12.4. The number of aliphatic hydroxyl groups is 1. The van der Waals surface area contributed by atoms with Gasteiger partial charge in [-0.15, -0.1) is 0 Å². The minimum absolute atomic E-state index is 0.178. The second-order valence-corrected chi connectivity index (χ2v) is 4.94. The molecule has 0 heterocycles. The smallest absolute Gasteiger partial charge is 0.317 e. The van der Waals surface area contributed by atoms with E-state index < -0.39 is 12.1 Å². The van der Waals surface area contributed by atoms with Gasteiger partial charge >= 0.3 is 5.97 Å². The lowest BCUT2D eigenvalue weighted by Crippen LogP contribution is -2.38. The highest BCUT2D eigenvalue weighted by molar-refractivity contribution is 5.69. The fourth-order valence-electron chi connectivity index (χ4n) is 2.40. The molecule has 0 aromatic heterocycles. The Labute approximate surface area is 119 Å². The molecule has 0 spiro atoms. The van der Waals surface area contributed by atoms with Crippen molar-refractivity contribution < 1.29 is 19.7 Å². The standard InChI is InChI=1S/C15H23NO4/c1-5-12(16-8-13(17)18)14(19)11-7-9(2)6-10(3)15(11)20-4/h6-7,12,14,16,19H,5,8H2,1-4H3,(H,17,18). The summed E-state index contributed by atoms with van der Waals surface area (Å²) in [5, 5.41) is 22.1. The molecule has 0 fully saturated rings. The molecule has 0 saturated heterocycles. The summed E-state index contributed by atoms with van der Waals surface area (Å²) in [7, 11) is 1.57. The Hall–Kier alpha value is -1.59. The molecule has 0 amide bonds. The summed E-state index contributed by atoms with van der Waals surface area (Å²) < 4.78 is 5.37. The first-order valence-corrected chi connectivity index (χ1v) is 6.69. The Kier molecular flexibility index (Phi) is 5.98. The maximum atomic E-state index is 10.6. The molecule has 1 aromatic rings. The number of carboxylic acid groups (broad SMARTS) is 1. The number of carbonyl (C=O) groups is 1. The number of nitrogens with one attached hydrogen (secondary N) is 1. The van der Waals surface area contributed by atoms with E-state index in [1.807, 2.05) is 32.9 Å². The van der Waals surface area contributed by atoms with Crippen LogP contribution in [-0.2, 0) is 4.79 Å². The van der Waals surface area contributed by atoms with Gasteiger partial charge in [-0.2, -0.15) is 0 Å². The quantitative estimate of drug-likeness (QED) is 0.710. The third-order valence-corrected chi connectivity index (χ3v) is 3.31. The molecule has 5 heteroatoms. The van der Waals surface area contributed by atoms with Crippen LogP contribution in [0.2, 0.25) is 0 Å². The summed E-state index contributed by atoms with van der Waals surface area (Å²) in [4.78, 5) is 10.6. The van der Waals surface area contributed by atoms with E-state index in [4.69, 9.17) is 9.84 Å². The summed E-state index contributed by atoms with van der Waals surface area (Å²) in [6.07, 6.45) is -0.196. The van der Waals surface area contributed by atoms with E-state index >= 15 is 0 Å². The van der Waals surface area contributed by atoms with Crippen LogP contribution < -0.4 is 10.1 Å². The van der Waals surface area contributed by atoms with Crippen LogP contribution in [0.1, 0.15) is 36.1 Å². The van der Waals surface area contributed by atoms with Crippen LogP contribution >= 0.6 is 0 Å². The molecule has 0 aliphatic carbocycles. The van der Waals surface area contributed by atoms with Gasteiger partial charge in [0, 0.05) is 11.6 Å². The third kappa shape index (κ3) is 3.95. The Morgan fingerprint density at radius 3 is 2.55 bits per heavy atom. The molecule has 0 radical (unpaired) electrons. The lowest BCUT2D eigenvalue weighted by Gasteiger charge is -2.25. The second-order valence-electron chi connectivity index (χ2n) is 4.94. The van der Waals surface area contributed by atoms with Crippen molar-refractivity contribution in [1.82, 2.24) is 5.32 Å². The molecule has 3 N–H and O–H groups in total. The molecular formula is C15H23NO4. The van der Waals surface area contributed by atoms with Crippen molar-refractivity contribution in [1.29, 1.82) is 0 Å².